The van der Waals surface area contributed by atoms with Gasteiger partial charge >= 0.3 is 0 Å². The first-order chi connectivity index (χ1) is 9.60. The zero-order chi connectivity index (χ0) is 14.5. The molecule has 0 saturated heterocycles. The Morgan fingerprint density at radius 1 is 1.05 bits per heavy atom. The Morgan fingerprint density at radius 2 is 1.75 bits per heavy atom. The van der Waals surface area contributed by atoms with Crippen LogP contribution in [-0.2, 0) is 6.42 Å². The maximum atomic E-state index is 13.1. The van der Waals surface area contributed by atoms with Crippen LogP contribution < -0.4 is 4.74 Å². The molecule has 1 unspecified atom stereocenters. The first-order valence-electron chi connectivity index (χ1n) is 6.36. The Labute approximate surface area is 116 Å². The lowest BCUT2D eigenvalue weighted by atomic mass is 10.0. The molecule has 2 rings (SSSR count). The van der Waals surface area contributed by atoms with Crippen molar-refractivity contribution in [1.82, 2.24) is 0 Å². The largest absolute Gasteiger partial charge is 0.497 e. The third-order valence-corrected chi connectivity index (χ3v) is 3.19. The molecule has 0 aliphatic heterocycles. The van der Waals surface area contributed by atoms with Crippen LogP contribution in [0.15, 0.2) is 42.5 Å². The first kappa shape index (κ1) is 14.5. The van der Waals surface area contributed by atoms with E-state index in [9.17, 15) is 13.9 Å². The molecule has 0 radical (unpaired) electrons. The number of rotatable bonds is 5. The minimum absolute atomic E-state index is 0.386. The van der Waals surface area contributed by atoms with E-state index < -0.39 is 17.7 Å². The van der Waals surface area contributed by atoms with Crippen LogP contribution in [0.3, 0.4) is 0 Å². The summed E-state index contributed by atoms with van der Waals surface area (Å²) >= 11 is 0. The molecule has 0 aliphatic rings. The lowest BCUT2D eigenvalue weighted by Gasteiger charge is -2.11. The van der Waals surface area contributed by atoms with Crippen molar-refractivity contribution >= 4 is 0 Å². The molecule has 0 saturated carbocycles. The zero-order valence-corrected chi connectivity index (χ0v) is 11.1. The number of aliphatic hydroxyl groups is 1. The second-order valence-corrected chi connectivity index (χ2v) is 4.58. The van der Waals surface area contributed by atoms with Crippen molar-refractivity contribution in [3.8, 4) is 5.75 Å². The summed E-state index contributed by atoms with van der Waals surface area (Å²) in [5, 5.41) is 9.98. The van der Waals surface area contributed by atoms with E-state index in [2.05, 4.69) is 0 Å². The molecular formula is C16H16F2O2. The Hall–Kier alpha value is -1.94. The van der Waals surface area contributed by atoms with E-state index in [0.29, 0.717) is 18.4 Å². The van der Waals surface area contributed by atoms with Crippen LogP contribution in [0.4, 0.5) is 8.78 Å². The van der Waals surface area contributed by atoms with Crippen molar-refractivity contribution in [3.05, 3.63) is 65.2 Å². The molecule has 1 atom stereocenters. The molecule has 0 fully saturated rings. The third-order valence-electron chi connectivity index (χ3n) is 3.19. The SMILES string of the molecule is COc1ccc(CCC(O)c2ccc(F)c(F)c2)cc1. The molecule has 0 aromatic heterocycles. The van der Waals surface area contributed by atoms with Gasteiger partial charge in [0.1, 0.15) is 5.75 Å². The second-order valence-electron chi connectivity index (χ2n) is 4.58. The van der Waals surface area contributed by atoms with Gasteiger partial charge in [0.05, 0.1) is 13.2 Å². The fourth-order valence-corrected chi connectivity index (χ4v) is 1.98. The van der Waals surface area contributed by atoms with Crippen LogP contribution in [-0.4, -0.2) is 12.2 Å². The van der Waals surface area contributed by atoms with E-state index in [1.807, 2.05) is 24.3 Å². The molecular weight excluding hydrogens is 262 g/mol. The molecule has 2 nitrogen and oxygen atoms in total. The summed E-state index contributed by atoms with van der Waals surface area (Å²) in [6.07, 6.45) is 0.272. The summed E-state index contributed by atoms with van der Waals surface area (Å²) in [7, 11) is 1.60. The number of aliphatic hydroxyl groups excluding tert-OH is 1. The predicted molar refractivity (Wildman–Crippen MR) is 72.6 cm³/mol. The summed E-state index contributed by atoms with van der Waals surface area (Å²) in [5.74, 6) is -1.07. The number of hydrogen-bond donors (Lipinski definition) is 1. The number of methoxy groups -OCH3 is 1. The van der Waals surface area contributed by atoms with Crippen molar-refractivity contribution in [2.24, 2.45) is 0 Å². The highest BCUT2D eigenvalue weighted by Gasteiger charge is 2.11. The Kier molecular flexibility index (Phi) is 4.69. The Balaban J connectivity index is 1.96. The van der Waals surface area contributed by atoms with Gasteiger partial charge in [0.25, 0.3) is 0 Å². The quantitative estimate of drug-likeness (QED) is 0.904. The highest BCUT2D eigenvalue weighted by atomic mass is 19.2. The van der Waals surface area contributed by atoms with Crippen LogP contribution in [0, 0.1) is 11.6 Å². The average Bonchev–Trinajstić information content (AvgIpc) is 2.48. The monoisotopic (exact) mass is 278 g/mol. The summed E-state index contributed by atoms with van der Waals surface area (Å²) in [6.45, 7) is 0. The van der Waals surface area contributed by atoms with E-state index in [-0.39, 0.29) is 0 Å². The zero-order valence-electron chi connectivity index (χ0n) is 11.1. The van der Waals surface area contributed by atoms with Gasteiger partial charge in [0.15, 0.2) is 11.6 Å². The average molecular weight is 278 g/mol. The van der Waals surface area contributed by atoms with Crippen molar-refractivity contribution in [1.29, 1.82) is 0 Å². The van der Waals surface area contributed by atoms with Crippen molar-refractivity contribution < 1.29 is 18.6 Å². The smallest absolute Gasteiger partial charge is 0.159 e. The van der Waals surface area contributed by atoms with Crippen molar-refractivity contribution in [2.75, 3.05) is 7.11 Å². The van der Waals surface area contributed by atoms with Crippen LogP contribution in [0.5, 0.6) is 5.75 Å². The van der Waals surface area contributed by atoms with Crippen LogP contribution in [0.25, 0.3) is 0 Å². The summed E-state index contributed by atoms with van der Waals surface area (Å²) in [6, 6.07) is 11.0. The third kappa shape index (κ3) is 3.54. The molecule has 0 aliphatic carbocycles. The maximum absolute atomic E-state index is 13.1. The fraction of sp³-hybridized carbons (Fsp3) is 0.250. The molecule has 106 valence electrons. The van der Waals surface area contributed by atoms with Crippen LogP contribution in [0.1, 0.15) is 23.7 Å². The number of halogens is 2. The maximum Gasteiger partial charge on any atom is 0.159 e. The topological polar surface area (TPSA) is 29.5 Å². The highest BCUT2D eigenvalue weighted by Crippen LogP contribution is 2.21. The van der Waals surface area contributed by atoms with Gasteiger partial charge in [-0.2, -0.15) is 0 Å². The van der Waals surface area contributed by atoms with Gasteiger partial charge in [0.2, 0.25) is 0 Å². The fourth-order valence-electron chi connectivity index (χ4n) is 1.98. The lowest BCUT2D eigenvalue weighted by Crippen LogP contribution is -2.01. The number of hydrogen-bond acceptors (Lipinski definition) is 2. The molecule has 0 amide bonds. The van der Waals surface area contributed by atoms with Gasteiger partial charge in [-0.1, -0.05) is 18.2 Å². The molecule has 20 heavy (non-hydrogen) atoms. The van der Waals surface area contributed by atoms with Gasteiger partial charge in [-0.05, 0) is 48.2 Å². The minimum Gasteiger partial charge on any atom is -0.497 e. The van der Waals surface area contributed by atoms with E-state index in [1.165, 1.54) is 6.07 Å². The van der Waals surface area contributed by atoms with E-state index in [1.54, 1.807) is 7.11 Å². The molecule has 0 spiro atoms. The van der Waals surface area contributed by atoms with Crippen LogP contribution in [0.2, 0.25) is 0 Å². The van der Waals surface area contributed by atoms with E-state index >= 15 is 0 Å². The van der Waals surface area contributed by atoms with Gasteiger partial charge in [-0.3, -0.25) is 0 Å². The Morgan fingerprint density at radius 3 is 2.35 bits per heavy atom. The summed E-state index contributed by atoms with van der Waals surface area (Å²) in [4.78, 5) is 0. The number of ether oxygens (including phenoxy) is 1. The van der Waals surface area contributed by atoms with Gasteiger partial charge < -0.3 is 9.84 Å². The molecule has 0 bridgehead atoms. The number of aryl methyl sites for hydroxylation is 1. The molecule has 2 aromatic carbocycles. The van der Waals surface area contributed by atoms with Crippen molar-refractivity contribution in [2.45, 2.75) is 18.9 Å². The van der Waals surface area contributed by atoms with Crippen molar-refractivity contribution in [3.63, 3.8) is 0 Å². The van der Waals surface area contributed by atoms with E-state index in [4.69, 9.17) is 4.74 Å². The van der Waals surface area contributed by atoms with Gasteiger partial charge in [0, 0.05) is 0 Å². The predicted octanol–water partition coefficient (Wildman–Crippen LogP) is 3.64. The summed E-state index contributed by atoms with van der Waals surface area (Å²) < 4.78 is 31.0. The molecule has 0 heterocycles. The lowest BCUT2D eigenvalue weighted by molar-refractivity contribution is 0.167. The van der Waals surface area contributed by atoms with Gasteiger partial charge in [-0.25, -0.2) is 8.78 Å². The van der Waals surface area contributed by atoms with E-state index in [0.717, 1.165) is 23.4 Å². The standard InChI is InChI=1S/C16H16F2O2/c1-20-13-6-2-11(3-7-13)4-9-16(19)12-5-8-14(17)15(18)10-12/h2-3,5-8,10,16,19H,4,9H2,1H3. The normalized spacial score (nSPS) is 12.2. The Bertz CT molecular complexity index is 567. The molecule has 4 heteroatoms. The number of benzene rings is 2. The first-order valence-corrected chi connectivity index (χ1v) is 6.36. The highest BCUT2D eigenvalue weighted by molar-refractivity contribution is 5.27. The van der Waals surface area contributed by atoms with Crippen LogP contribution >= 0.6 is 0 Å². The second kappa shape index (κ2) is 6.48. The minimum atomic E-state index is -0.939. The van der Waals surface area contributed by atoms with Gasteiger partial charge in [-0.15, -0.1) is 0 Å². The molecule has 1 N–H and O–H groups in total. The molecule has 2 aromatic rings. The summed E-state index contributed by atoms with van der Waals surface area (Å²) in [5.41, 5.74) is 1.44.